The van der Waals surface area contributed by atoms with Gasteiger partial charge in [-0.25, -0.2) is 8.78 Å². The zero-order valence-corrected chi connectivity index (χ0v) is 14.7. The van der Waals surface area contributed by atoms with E-state index in [0.717, 1.165) is 22.8 Å². The number of nitrogens with one attached hydrogen (secondary N) is 1. The average Bonchev–Trinajstić information content (AvgIpc) is 2.60. The van der Waals surface area contributed by atoms with Crippen LogP contribution in [-0.4, -0.2) is 13.1 Å². The van der Waals surface area contributed by atoms with Gasteiger partial charge >= 0.3 is 0 Å². The summed E-state index contributed by atoms with van der Waals surface area (Å²) in [5.74, 6) is 1.62. The van der Waals surface area contributed by atoms with E-state index in [9.17, 15) is 8.78 Å². The van der Waals surface area contributed by atoms with Crippen molar-refractivity contribution in [2.75, 3.05) is 13.1 Å². The van der Waals surface area contributed by atoms with Gasteiger partial charge in [-0.3, -0.25) is 0 Å². The van der Waals surface area contributed by atoms with Crippen LogP contribution in [0.15, 0.2) is 65.5 Å². The number of benzene rings is 1. The van der Waals surface area contributed by atoms with Crippen LogP contribution < -0.4 is 5.32 Å². The average molecular weight is 339 g/mol. The number of allylic oxidation sites excluding steroid dienone is 3. The van der Waals surface area contributed by atoms with Crippen LogP contribution in [0, 0.1) is 23.6 Å². The second kappa shape index (κ2) is 8.09. The van der Waals surface area contributed by atoms with Gasteiger partial charge in [-0.15, -0.1) is 6.42 Å². The number of piperidine rings is 1. The fourth-order valence-corrected chi connectivity index (χ4v) is 2.77. The second-order valence-electron chi connectivity index (χ2n) is 6.37. The van der Waals surface area contributed by atoms with Crippen molar-refractivity contribution >= 4 is 6.08 Å². The Morgan fingerprint density at radius 3 is 2.68 bits per heavy atom. The minimum atomic E-state index is -0.785. The van der Waals surface area contributed by atoms with Gasteiger partial charge in [-0.05, 0) is 42.2 Å². The molecule has 1 N–H and O–H groups in total. The monoisotopic (exact) mass is 339 g/mol. The maximum atomic E-state index is 14.4. The summed E-state index contributed by atoms with van der Waals surface area (Å²) in [5.41, 5.74) is 2.32. The third-order valence-corrected chi connectivity index (χ3v) is 4.62. The molecule has 0 spiro atoms. The molecule has 0 radical (unpaired) electrons. The SMILES string of the molecule is C#C/C=C(/F)C(C)(/C=C1\CNC/C(=C\c2ccccc2F)C1=C)CC. The summed E-state index contributed by atoms with van der Waals surface area (Å²) in [6.45, 7) is 9.05. The maximum absolute atomic E-state index is 14.4. The Labute approximate surface area is 148 Å². The minimum Gasteiger partial charge on any atom is -0.309 e. The molecule has 1 aromatic rings. The highest BCUT2D eigenvalue weighted by molar-refractivity contribution is 5.64. The fraction of sp³-hybridized carbons (Fsp3) is 0.273. The molecular weight excluding hydrogens is 316 g/mol. The van der Waals surface area contributed by atoms with Crippen LogP contribution in [0.1, 0.15) is 25.8 Å². The summed E-state index contributed by atoms with van der Waals surface area (Å²) in [6, 6.07) is 6.60. The minimum absolute atomic E-state index is 0.278. The van der Waals surface area contributed by atoms with Gasteiger partial charge in [0.05, 0.1) is 0 Å². The molecule has 1 heterocycles. The molecule has 1 unspecified atom stereocenters. The van der Waals surface area contributed by atoms with E-state index in [0.29, 0.717) is 25.1 Å². The largest absolute Gasteiger partial charge is 0.309 e. The van der Waals surface area contributed by atoms with Gasteiger partial charge in [0, 0.05) is 30.1 Å². The Balaban J connectivity index is 2.38. The van der Waals surface area contributed by atoms with Crippen molar-refractivity contribution in [2.45, 2.75) is 20.3 Å². The van der Waals surface area contributed by atoms with E-state index in [1.807, 2.05) is 19.9 Å². The summed E-state index contributed by atoms with van der Waals surface area (Å²) in [4.78, 5) is 0. The lowest BCUT2D eigenvalue weighted by Gasteiger charge is -2.28. The molecule has 1 fully saturated rings. The maximum Gasteiger partial charge on any atom is 0.130 e. The fourth-order valence-electron chi connectivity index (χ4n) is 2.77. The highest BCUT2D eigenvalue weighted by Crippen LogP contribution is 2.37. The number of hydrogen-bond donors (Lipinski definition) is 1. The molecule has 0 aliphatic carbocycles. The Kier molecular flexibility index (Phi) is 6.12. The molecule has 1 nitrogen and oxygen atoms in total. The third kappa shape index (κ3) is 4.35. The highest BCUT2D eigenvalue weighted by Gasteiger charge is 2.27. The molecule has 0 aromatic heterocycles. The standard InChI is InChI=1S/C22H23F2N/c1-5-9-21(24)22(4,6-2)13-19-15-25-14-18(16(19)3)12-17-10-7-8-11-20(17)23/h1,7-13,25H,3,6,14-15H2,2,4H3/b18-12+,19-13+,21-9+. The number of terminal acetylenes is 1. The zero-order chi connectivity index (χ0) is 18.4. The molecule has 1 aliphatic heterocycles. The lowest BCUT2D eigenvalue weighted by atomic mass is 9.81. The van der Waals surface area contributed by atoms with E-state index in [1.54, 1.807) is 24.3 Å². The van der Waals surface area contributed by atoms with Gasteiger partial charge in [0.2, 0.25) is 0 Å². The van der Waals surface area contributed by atoms with Crippen LogP contribution in [0.25, 0.3) is 6.08 Å². The van der Waals surface area contributed by atoms with Gasteiger partial charge in [-0.2, -0.15) is 0 Å². The predicted molar refractivity (Wildman–Crippen MR) is 101 cm³/mol. The topological polar surface area (TPSA) is 12.0 Å². The van der Waals surface area contributed by atoms with Crippen molar-refractivity contribution in [1.82, 2.24) is 5.32 Å². The van der Waals surface area contributed by atoms with Gasteiger partial charge in [0.1, 0.15) is 11.6 Å². The smallest absolute Gasteiger partial charge is 0.130 e. The van der Waals surface area contributed by atoms with Crippen LogP contribution >= 0.6 is 0 Å². The zero-order valence-electron chi connectivity index (χ0n) is 14.7. The van der Waals surface area contributed by atoms with E-state index in [2.05, 4.69) is 17.8 Å². The van der Waals surface area contributed by atoms with E-state index in [1.165, 1.54) is 6.07 Å². The van der Waals surface area contributed by atoms with E-state index < -0.39 is 5.41 Å². The van der Waals surface area contributed by atoms with Crippen LogP contribution in [0.3, 0.4) is 0 Å². The van der Waals surface area contributed by atoms with Crippen molar-refractivity contribution in [3.05, 3.63) is 76.9 Å². The molecule has 1 aromatic carbocycles. The van der Waals surface area contributed by atoms with Crippen molar-refractivity contribution < 1.29 is 8.78 Å². The van der Waals surface area contributed by atoms with Gasteiger partial charge in [0.15, 0.2) is 0 Å². The van der Waals surface area contributed by atoms with E-state index >= 15 is 0 Å². The van der Waals surface area contributed by atoms with Gasteiger partial charge in [-0.1, -0.05) is 43.7 Å². The summed E-state index contributed by atoms with van der Waals surface area (Å²) >= 11 is 0. The lowest BCUT2D eigenvalue weighted by molar-refractivity contribution is 0.381. The Bertz CT molecular complexity index is 792. The number of rotatable bonds is 4. The summed E-state index contributed by atoms with van der Waals surface area (Å²) in [6.07, 6.45) is 10.6. The molecule has 0 bridgehead atoms. The van der Waals surface area contributed by atoms with Crippen molar-refractivity contribution in [2.24, 2.45) is 5.41 Å². The quantitative estimate of drug-likeness (QED) is 0.744. The first-order chi connectivity index (χ1) is 11.9. The van der Waals surface area contributed by atoms with Crippen LogP contribution in [0.4, 0.5) is 8.78 Å². The summed E-state index contributed by atoms with van der Waals surface area (Å²) < 4.78 is 28.3. The van der Waals surface area contributed by atoms with Crippen LogP contribution in [-0.2, 0) is 0 Å². The molecular formula is C22H23F2N. The first-order valence-corrected chi connectivity index (χ1v) is 8.30. The molecule has 1 saturated heterocycles. The molecule has 1 aliphatic rings. The van der Waals surface area contributed by atoms with Crippen LogP contribution in [0.2, 0.25) is 0 Å². The molecule has 130 valence electrons. The molecule has 1 atom stereocenters. The second-order valence-corrected chi connectivity index (χ2v) is 6.37. The Hall–Kier alpha value is -2.44. The molecule has 25 heavy (non-hydrogen) atoms. The molecule has 0 amide bonds. The Morgan fingerprint density at radius 2 is 2.04 bits per heavy atom. The van der Waals surface area contributed by atoms with Gasteiger partial charge in [0.25, 0.3) is 0 Å². The normalized spacial score (nSPS) is 21.2. The molecule has 2 rings (SSSR count). The predicted octanol–water partition coefficient (Wildman–Crippen LogP) is 5.20. The van der Waals surface area contributed by atoms with Crippen molar-refractivity contribution in [1.29, 1.82) is 0 Å². The van der Waals surface area contributed by atoms with E-state index in [-0.39, 0.29) is 11.6 Å². The lowest BCUT2D eigenvalue weighted by Crippen LogP contribution is -2.29. The number of hydrogen-bond acceptors (Lipinski definition) is 1. The molecule has 3 heteroatoms. The first kappa shape index (κ1) is 18.9. The summed E-state index contributed by atoms with van der Waals surface area (Å²) in [7, 11) is 0. The third-order valence-electron chi connectivity index (χ3n) is 4.62. The Morgan fingerprint density at radius 1 is 1.36 bits per heavy atom. The van der Waals surface area contributed by atoms with Gasteiger partial charge < -0.3 is 5.32 Å². The highest BCUT2D eigenvalue weighted by atomic mass is 19.1. The number of halogens is 2. The van der Waals surface area contributed by atoms with Crippen molar-refractivity contribution in [3.63, 3.8) is 0 Å². The van der Waals surface area contributed by atoms with E-state index in [4.69, 9.17) is 6.42 Å². The first-order valence-electron chi connectivity index (χ1n) is 8.30. The van der Waals surface area contributed by atoms with Crippen molar-refractivity contribution in [3.8, 4) is 12.3 Å². The van der Waals surface area contributed by atoms with Crippen LogP contribution in [0.5, 0.6) is 0 Å². The molecule has 0 saturated carbocycles. The summed E-state index contributed by atoms with van der Waals surface area (Å²) in [5, 5.41) is 3.27.